The summed E-state index contributed by atoms with van der Waals surface area (Å²) in [7, 11) is 0. The number of piperidine rings is 1. The number of nitrogens with two attached hydrogens (primary N) is 1. The Hall–Kier alpha value is -5.07. The number of Topliss-reactive ketones (excluding diaryl/α,β-unsaturated/α-hetero) is 1. The second-order valence-corrected chi connectivity index (χ2v) is 10.8. The van der Waals surface area contributed by atoms with Gasteiger partial charge in [-0.2, -0.15) is 14.7 Å². The SMILES string of the molecule is CC(=O)c1c(C2C[C@H]3CC[C@@H](C2)N3C(=O)c2ncn[nH]2)nc2c(-c3ccc(-c4ccc(F)cc4F)nc3)cnn2c1N. The maximum atomic E-state index is 14.3. The van der Waals surface area contributed by atoms with E-state index in [1.807, 2.05) is 4.90 Å². The van der Waals surface area contributed by atoms with E-state index in [0.29, 0.717) is 46.6 Å². The van der Waals surface area contributed by atoms with Crippen molar-refractivity contribution in [3.05, 3.63) is 77.8 Å². The first-order chi connectivity index (χ1) is 20.3. The lowest BCUT2D eigenvalue weighted by molar-refractivity contribution is 0.0556. The molecule has 3 N–H and O–H groups in total. The van der Waals surface area contributed by atoms with Crippen molar-refractivity contribution in [2.24, 2.45) is 0 Å². The molecule has 42 heavy (non-hydrogen) atoms. The number of nitrogens with zero attached hydrogens (tertiary/aromatic N) is 7. The molecule has 2 aliphatic rings. The number of ketones is 1. The summed E-state index contributed by atoms with van der Waals surface area (Å²) >= 11 is 0. The summed E-state index contributed by atoms with van der Waals surface area (Å²) in [6.45, 7) is 1.46. The summed E-state index contributed by atoms with van der Waals surface area (Å²) in [6.07, 6.45) is 7.43. The normalized spacial score (nSPS) is 19.9. The van der Waals surface area contributed by atoms with Gasteiger partial charge < -0.3 is 10.6 Å². The molecule has 13 heteroatoms. The van der Waals surface area contributed by atoms with Gasteiger partial charge in [0.1, 0.15) is 23.8 Å². The van der Waals surface area contributed by atoms with Crippen molar-refractivity contribution in [1.82, 2.24) is 39.7 Å². The number of nitrogen functional groups attached to an aromatic ring is 1. The van der Waals surface area contributed by atoms with Crippen LogP contribution in [0.25, 0.3) is 28.0 Å². The zero-order chi connectivity index (χ0) is 29.1. The Morgan fingerprint density at radius 3 is 2.45 bits per heavy atom. The Labute approximate surface area is 237 Å². The number of benzene rings is 1. The van der Waals surface area contributed by atoms with Crippen molar-refractivity contribution in [3.63, 3.8) is 0 Å². The van der Waals surface area contributed by atoms with E-state index in [2.05, 4.69) is 25.3 Å². The summed E-state index contributed by atoms with van der Waals surface area (Å²) in [6, 6.07) is 6.68. The maximum Gasteiger partial charge on any atom is 0.291 e. The van der Waals surface area contributed by atoms with Crippen LogP contribution in [0.15, 0.2) is 49.1 Å². The molecule has 5 aromatic rings. The van der Waals surface area contributed by atoms with Gasteiger partial charge in [-0.1, -0.05) is 6.07 Å². The van der Waals surface area contributed by atoms with Crippen LogP contribution in [0, 0.1) is 11.6 Å². The first kappa shape index (κ1) is 25.9. The van der Waals surface area contributed by atoms with E-state index in [-0.39, 0.29) is 46.9 Å². The Kier molecular flexibility index (Phi) is 6.03. The third-order valence-corrected chi connectivity index (χ3v) is 8.32. The number of hydrogen-bond acceptors (Lipinski definition) is 8. The van der Waals surface area contributed by atoms with Crippen molar-refractivity contribution in [2.45, 2.75) is 50.6 Å². The molecule has 6 heterocycles. The van der Waals surface area contributed by atoms with E-state index in [9.17, 15) is 18.4 Å². The predicted octanol–water partition coefficient (Wildman–Crippen LogP) is 4.19. The van der Waals surface area contributed by atoms with Crippen molar-refractivity contribution in [1.29, 1.82) is 0 Å². The molecule has 0 radical (unpaired) electrons. The number of carbonyl (C=O) groups is 2. The van der Waals surface area contributed by atoms with Gasteiger partial charge in [0.2, 0.25) is 5.82 Å². The largest absolute Gasteiger partial charge is 0.383 e. The molecule has 0 saturated carbocycles. The second kappa shape index (κ2) is 9.79. The molecule has 7 rings (SSSR count). The molecule has 3 atom stereocenters. The van der Waals surface area contributed by atoms with Crippen molar-refractivity contribution in [3.8, 4) is 22.4 Å². The third-order valence-electron chi connectivity index (χ3n) is 8.32. The third kappa shape index (κ3) is 4.11. The molecule has 1 unspecified atom stereocenters. The number of H-pyrrole nitrogens is 1. The Morgan fingerprint density at radius 1 is 1.02 bits per heavy atom. The Morgan fingerprint density at radius 2 is 1.81 bits per heavy atom. The van der Waals surface area contributed by atoms with Gasteiger partial charge in [0.25, 0.3) is 5.91 Å². The van der Waals surface area contributed by atoms with Gasteiger partial charge in [0, 0.05) is 47.0 Å². The van der Waals surface area contributed by atoms with E-state index in [0.717, 1.165) is 18.9 Å². The van der Waals surface area contributed by atoms with Gasteiger partial charge in [-0.3, -0.25) is 19.7 Å². The zero-order valence-electron chi connectivity index (χ0n) is 22.5. The highest BCUT2D eigenvalue weighted by molar-refractivity contribution is 6.00. The summed E-state index contributed by atoms with van der Waals surface area (Å²) < 4.78 is 29.1. The topological polar surface area (TPSA) is 148 Å². The van der Waals surface area contributed by atoms with Crippen LogP contribution in [0.1, 0.15) is 65.2 Å². The minimum absolute atomic E-state index is 0.0293. The van der Waals surface area contributed by atoms with Gasteiger partial charge in [-0.05, 0) is 50.8 Å². The van der Waals surface area contributed by atoms with Crippen molar-refractivity contribution >= 4 is 23.2 Å². The number of hydrogen-bond donors (Lipinski definition) is 2. The summed E-state index contributed by atoms with van der Waals surface area (Å²) in [5.41, 5.74) is 9.76. The minimum Gasteiger partial charge on any atom is -0.383 e. The molecule has 2 aliphatic heterocycles. The molecule has 1 aromatic carbocycles. The fraction of sp³-hybridized carbons (Fsp3) is 0.276. The van der Waals surface area contributed by atoms with Gasteiger partial charge >= 0.3 is 0 Å². The van der Waals surface area contributed by atoms with Crippen LogP contribution in [-0.2, 0) is 0 Å². The zero-order valence-corrected chi connectivity index (χ0v) is 22.5. The number of amides is 1. The average molecular weight is 570 g/mol. The standard InChI is InChI=1S/C29H25F2N9O2/c1-14(41)24-25(16-8-18-4-5-19(9-16)39(18)29(42)27-34-13-35-38-27)37-28-21(12-36-40(28)26(24)32)15-2-7-23(33-11-15)20-6-3-17(30)10-22(20)31/h2-3,6-7,10-13,16,18-19H,4-5,8-9,32H2,1H3,(H,34,35,38)/t16?,18-,19+. The number of halogens is 2. The van der Waals surface area contributed by atoms with Crippen LogP contribution in [-0.4, -0.2) is 63.4 Å². The summed E-state index contributed by atoms with van der Waals surface area (Å²) in [4.78, 5) is 41.3. The Bertz CT molecular complexity index is 1840. The number of rotatable bonds is 5. The molecule has 2 fully saturated rings. The van der Waals surface area contributed by atoms with E-state index in [4.69, 9.17) is 10.7 Å². The van der Waals surface area contributed by atoms with Gasteiger partial charge in [-0.25, -0.2) is 18.7 Å². The van der Waals surface area contributed by atoms with E-state index in [1.165, 1.54) is 29.9 Å². The molecule has 4 aromatic heterocycles. The van der Waals surface area contributed by atoms with E-state index >= 15 is 0 Å². The molecule has 1 amide bonds. The first-order valence-corrected chi connectivity index (χ1v) is 13.6. The molecule has 0 spiro atoms. The van der Waals surface area contributed by atoms with Crippen molar-refractivity contribution in [2.75, 3.05) is 5.73 Å². The van der Waals surface area contributed by atoms with Crippen molar-refractivity contribution < 1.29 is 18.4 Å². The fourth-order valence-electron chi connectivity index (χ4n) is 6.47. The van der Waals surface area contributed by atoms with Crippen LogP contribution >= 0.6 is 0 Å². The quantitative estimate of drug-likeness (QED) is 0.300. The molecule has 212 valence electrons. The number of carbonyl (C=O) groups excluding carboxylic acids is 2. The van der Waals surface area contributed by atoms with Gasteiger partial charge in [0.15, 0.2) is 11.4 Å². The number of nitrogens with one attached hydrogen (secondary N) is 1. The average Bonchev–Trinajstić information content (AvgIpc) is 3.71. The Balaban J connectivity index is 1.25. The number of pyridine rings is 1. The van der Waals surface area contributed by atoms with Crippen LogP contribution in [0.4, 0.5) is 14.6 Å². The highest BCUT2D eigenvalue weighted by Crippen LogP contribution is 2.45. The number of anilines is 1. The van der Waals surface area contributed by atoms with Crippen LogP contribution in [0.5, 0.6) is 0 Å². The highest BCUT2D eigenvalue weighted by atomic mass is 19.1. The lowest BCUT2D eigenvalue weighted by Gasteiger charge is -2.38. The lowest BCUT2D eigenvalue weighted by atomic mass is 9.85. The van der Waals surface area contributed by atoms with Crippen LogP contribution in [0.2, 0.25) is 0 Å². The summed E-state index contributed by atoms with van der Waals surface area (Å²) in [5.74, 6) is -1.45. The second-order valence-electron chi connectivity index (χ2n) is 10.8. The van der Waals surface area contributed by atoms with Gasteiger partial charge in [-0.15, -0.1) is 0 Å². The minimum atomic E-state index is -0.704. The van der Waals surface area contributed by atoms with Crippen LogP contribution in [0.3, 0.4) is 0 Å². The molecule has 2 bridgehead atoms. The number of aromatic nitrogens is 7. The maximum absolute atomic E-state index is 14.3. The summed E-state index contributed by atoms with van der Waals surface area (Å²) in [5, 5.41) is 10.9. The molecule has 0 aliphatic carbocycles. The number of aromatic amines is 1. The lowest BCUT2D eigenvalue weighted by Crippen LogP contribution is -2.46. The monoisotopic (exact) mass is 569 g/mol. The number of fused-ring (bicyclic) bond motifs is 3. The predicted molar refractivity (Wildman–Crippen MR) is 147 cm³/mol. The molecule has 2 saturated heterocycles. The smallest absolute Gasteiger partial charge is 0.291 e. The first-order valence-electron chi connectivity index (χ1n) is 13.6. The van der Waals surface area contributed by atoms with E-state index < -0.39 is 11.6 Å². The fourth-order valence-corrected chi connectivity index (χ4v) is 6.47. The molecular formula is C29H25F2N9O2. The molecule has 11 nitrogen and oxygen atoms in total. The molecular weight excluding hydrogens is 544 g/mol. The van der Waals surface area contributed by atoms with Crippen LogP contribution < -0.4 is 5.73 Å². The van der Waals surface area contributed by atoms with Gasteiger partial charge in [0.05, 0.1) is 23.1 Å². The highest BCUT2D eigenvalue weighted by Gasteiger charge is 2.45. The van der Waals surface area contributed by atoms with E-state index in [1.54, 1.807) is 24.5 Å².